The lowest BCUT2D eigenvalue weighted by molar-refractivity contribution is 0.148. The molecule has 0 N–H and O–H groups in total. The zero-order valence-electron chi connectivity index (χ0n) is 13.1. The lowest BCUT2D eigenvalue weighted by Gasteiger charge is -2.18. The molecule has 1 saturated carbocycles. The predicted molar refractivity (Wildman–Crippen MR) is 80.5 cm³/mol. The molecule has 1 atom stereocenters. The van der Waals surface area contributed by atoms with Crippen molar-refractivity contribution in [2.75, 3.05) is 25.7 Å². The van der Waals surface area contributed by atoms with Crippen molar-refractivity contribution in [1.29, 1.82) is 0 Å². The van der Waals surface area contributed by atoms with Gasteiger partial charge in [0.15, 0.2) is 17.0 Å². The minimum Gasteiger partial charge on any atom is -0.382 e. The zero-order valence-corrected chi connectivity index (χ0v) is 13.1. The van der Waals surface area contributed by atoms with Gasteiger partial charge in [-0.15, -0.1) is 5.10 Å². The number of hydrogen-bond acceptors (Lipinski definition) is 6. The average molecular weight is 290 g/mol. The quantitative estimate of drug-likeness (QED) is 0.807. The third-order valence-electron chi connectivity index (χ3n) is 4.02. The zero-order chi connectivity index (χ0) is 15.0. The molecule has 0 aliphatic heterocycles. The van der Waals surface area contributed by atoms with Crippen LogP contribution >= 0.6 is 0 Å². The summed E-state index contributed by atoms with van der Waals surface area (Å²) in [6.07, 6.45) is 3.36. The number of rotatable bonds is 6. The van der Waals surface area contributed by atoms with Gasteiger partial charge in [0, 0.05) is 20.2 Å². The van der Waals surface area contributed by atoms with E-state index < -0.39 is 0 Å². The van der Waals surface area contributed by atoms with Gasteiger partial charge in [-0.3, -0.25) is 0 Å². The molecule has 1 aliphatic rings. The molecule has 1 unspecified atom stereocenters. The van der Waals surface area contributed by atoms with E-state index in [1.165, 1.54) is 12.8 Å². The number of aromatic nitrogens is 5. The Labute approximate surface area is 124 Å². The van der Waals surface area contributed by atoms with Crippen molar-refractivity contribution in [3.05, 3.63) is 5.82 Å². The molecule has 21 heavy (non-hydrogen) atoms. The Balaban J connectivity index is 2.08. The van der Waals surface area contributed by atoms with E-state index in [0.717, 1.165) is 29.2 Å². The SMILES string of the molecule is CCC(COC)n1nnc2c(N(C)C3CC3)nc(C)nc21. The third-order valence-corrected chi connectivity index (χ3v) is 4.02. The first-order chi connectivity index (χ1) is 10.2. The van der Waals surface area contributed by atoms with Crippen molar-refractivity contribution < 1.29 is 4.74 Å². The normalized spacial score (nSPS) is 16.4. The van der Waals surface area contributed by atoms with Crippen LogP contribution in [-0.2, 0) is 4.74 Å². The number of hydrogen-bond donors (Lipinski definition) is 0. The Morgan fingerprint density at radius 1 is 1.38 bits per heavy atom. The van der Waals surface area contributed by atoms with Crippen LogP contribution in [0, 0.1) is 6.92 Å². The molecule has 0 saturated heterocycles. The van der Waals surface area contributed by atoms with Gasteiger partial charge in [0.25, 0.3) is 0 Å². The molecule has 0 radical (unpaired) electrons. The highest BCUT2D eigenvalue weighted by Gasteiger charge is 2.30. The number of aryl methyl sites for hydroxylation is 1. The summed E-state index contributed by atoms with van der Waals surface area (Å²) in [6.45, 7) is 4.63. The maximum absolute atomic E-state index is 5.28. The van der Waals surface area contributed by atoms with E-state index in [1.54, 1.807) is 7.11 Å². The summed E-state index contributed by atoms with van der Waals surface area (Å²) < 4.78 is 7.15. The van der Waals surface area contributed by atoms with Crippen LogP contribution in [0.15, 0.2) is 0 Å². The van der Waals surface area contributed by atoms with Crippen LogP contribution in [0.4, 0.5) is 5.82 Å². The van der Waals surface area contributed by atoms with Gasteiger partial charge in [-0.1, -0.05) is 12.1 Å². The minimum atomic E-state index is 0.147. The van der Waals surface area contributed by atoms with Crippen LogP contribution < -0.4 is 4.90 Å². The van der Waals surface area contributed by atoms with Gasteiger partial charge < -0.3 is 9.64 Å². The van der Waals surface area contributed by atoms with Crippen LogP contribution in [0.3, 0.4) is 0 Å². The van der Waals surface area contributed by atoms with Crippen molar-refractivity contribution in [2.45, 2.75) is 45.2 Å². The molecule has 2 aromatic rings. The number of anilines is 1. The monoisotopic (exact) mass is 290 g/mol. The third kappa shape index (κ3) is 2.57. The van der Waals surface area contributed by atoms with Crippen LogP contribution in [0.2, 0.25) is 0 Å². The van der Waals surface area contributed by atoms with Crippen molar-refractivity contribution in [2.24, 2.45) is 0 Å². The highest BCUT2D eigenvalue weighted by Crippen LogP contribution is 2.32. The van der Waals surface area contributed by atoms with Gasteiger partial charge in [-0.2, -0.15) is 0 Å². The van der Waals surface area contributed by atoms with E-state index in [2.05, 4.69) is 39.2 Å². The fourth-order valence-electron chi connectivity index (χ4n) is 2.60. The molecule has 1 fully saturated rings. The Morgan fingerprint density at radius 2 is 2.14 bits per heavy atom. The predicted octanol–water partition coefficient (Wildman–Crippen LogP) is 1.73. The smallest absolute Gasteiger partial charge is 0.184 e. The Bertz CT molecular complexity index is 636. The van der Waals surface area contributed by atoms with Gasteiger partial charge in [-0.05, 0) is 26.2 Å². The molecule has 0 amide bonds. The van der Waals surface area contributed by atoms with E-state index >= 15 is 0 Å². The Hall–Kier alpha value is -1.76. The molecule has 114 valence electrons. The van der Waals surface area contributed by atoms with Crippen molar-refractivity contribution in [1.82, 2.24) is 25.0 Å². The summed E-state index contributed by atoms with van der Waals surface area (Å²) in [7, 11) is 3.78. The lowest BCUT2D eigenvalue weighted by Crippen LogP contribution is -2.22. The molecule has 7 heteroatoms. The number of methoxy groups -OCH3 is 1. The first-order valence-electron chi connectivity index (χ1n) is 7.47. The van der Waals surface area contributed by atoms with Gasteiger partial charge >= 0.3 is 0 Å². The van der Waals surface area contributed by atoms with Gasteiger partial charge in [0.1, 0.15) is 5.82 Å². The van der Waals surface area contributed by atoms with Crippen LogP contribution in [0.25, 0.3) is 11.2 Å². The summed E-state index contributed by atoms with van der Waals surface area (Å²) in [5.74, 6) is 1.64. The number of fused-ring (bicyclic) bond motifs is 1. The average Bonchev–Trinajstić information content (AvgIpc) is 3.24. The van der Waals surface area contributed by atoms with Crippen molar-refractivity contribution in [3.63, 3.8) is 0 Å². The Morgan fingerprint density at radius 3 is 2.76 bits per heavy atom. The fraction of sp³-hybridized carbons (Fsp3) is 0.714. The lowest BCUT2D eigenvalue weighted by atomic mass is 10.2. The van der Waals surface area contributed by atoms with E-state index in [-0.39, 0.29) is 6.04 Å². The molecule has 3 rings (SSSR count). The molecule has 0 spiro atoms. The molecule has 7 nitrogen and oxygen atoms in total. The maximum Gasteiger partial charge on any atom is 0.184 e. The van der Waals surface area contributed by atoms with Gasteiger partial charge in [0.2, 0.25) is 0 Å². The summed E-state index contributed by atoms with van der Waals surface area (Å²) in [5.41, 5.74) is 1.58. The Kier molecular flexibility index (Phi) is 3.75. The topological polar surface area (TPSA) is 69.0 Å². The van der Waals surface area contributed by atoms with E-state index in [0.29, 0.717) is 12.6 Å². The second-order valence-electron chi connectivity index (χ2n) is 5.66. The standard InChI is InChI=1S/C14H22N6O/c1-5-10(8-21-4)20-14-12(17-18-20)13(15-9(2)16-14)19(3)11-6-7-11/h10-11H,5-8H2,1-4H3. The minimum absolute atomic E-state index is 0.147. The molecule has 1 aliphatic carbocycles. The molecular weight excluding hydrogens is 268 g/mol. The second-order valence-corrected chi connectivity index (χ2v) is 5.66. The van der Waals surface area contributed by atoms with Gasteiger partial charge in [0.05, 0.1) is 12.6 Å². The summed E-state index contributed by atoms with van der Waals surface area (Å²) in [5, 5.41) is 8.64. The van der Waals surface area contributed by atoms with Gasteiger partial charge in [-0.25, -0.2) is 14.6 Å². The number of nitrogens with zero attached hydrogens (tertiary/aromatic N) is 6. The van der Waals surface area contributed by atoms with E-state index in [9.17, 15) is 0 Å². The summed E-state index contributed by atoms with van der Waals surface area (Å²) >= 11 is 0. The highest BCUT2D eigenvalue weighted by atomic mass is 16.5. The first-order valence-corrected chi connectivity index (χ1v) is 7.47. The summed E-state index contributed by atoms with van der Waals surface area (Å²) in [4.78, 5) is 11.3. The summed E-state index contributed by atoms with van der Waals surface area (Å²) in [6, 6.07) is 0.724. The maximum atomic E-state index is 5.28. The van der Waals surface area contributed by atoms with E-state index in [1.807, 2.05) is 11.6 Å². The van der Waals surface area contributed by atoms with Crippen LogP contribution in [-0.4, -0.2) is 51.8 Å². The highest BCUT2D eigenvalue weighted by molar-refractivity contribution is 5.83. The molecule has 2 aromatic heterocycles. The number of ether oxygens (including phenoxy) is 1. The largest absolute Gasteiger partial charge is 0.382 e. The molecular formula is C14H22N6O. The van der Waals surface area contributed by atoms with Crippen molar-refractivity contribution in [3.8, 4) is 0 Å². The van der Waals surface area contributed by atoms with Crippen LogP contribution in [0.5, 0.6) is 0 Å². The molecule has 0 aromatic carbocycles. The van der Waals surface area contributed by atoms with E-state index in [4.69, 9.17) is 4.74 Å². The fourth-order valence-corrected chi connectivity index (χ4v) is 2.60. The second kappa shape index (κ2) is 5.55. The molecule has 0 bridgehead atoms. The first kappa shape index (κ1) is 14.2. The molecule has 2 heterocycles. The van der Waals surface area contributed by atoms with Crippen molar-refractivity contribution >= 4 is 17.0 Å². The van der Waals surface area contributed by atoms with Crippen LogP contribution in [0.1, 0.15) is 38.1 Å².